The summed E-state index contributed by atoms with van der Waals surface area (Å²) in [6.07, 6.45) is 1.73. The summed E-state index contributed by atoms with van der Waals surface area (Å²) >= 11 is 0. The van der Waals surface area contributed by atoms with Gasteiger partial charge in [0.2, 0.25) is 5.91 Å². The Morgan fingerprint density at radius 1 is 1.30 bits per heavy atom. The molecule has 0 bridgehead atoms. The van der Waals surface area contributed by atoms with Gasteiger partial charge in [-0.05, 0) is 39.2 Å². The molecule has 0 aliphatic carbocycles. The van der Waals surface area contributed by atoms with E-state index in [9.17, 15) is 4.79 Å². The lowest BCUT2D eigenvalue weighted by atomic mass is 10.0. The highest BCUT2D eigenvalue weighted by molar-refractivity contribution is 5.73. The van der Waals surface area contributed by atoms with E-state index in [2.05, 4.69) is 5.11 Å². The third-order valence-electron chi connectivity index (χ3n) is 2.24. The minimum Gasteiger partial charge on any atom is -0.370 e. The zero-order chi connectivity index (χ0) is 15.6. The molecule has 1 amide bonds. The van der Waals surface area contributed by atoms with E-state index in [0.29, 0.717) is 19.3 Å². The Balaban J connectivity index is 0.000000621. The summed E-state index contributed by atoms with van der Waals surface area (Å²) in [5.74, 6) is -0.299. The number of hydrogen-bond acceptors (Lipinski definition) is 4. The quantitative estimate of drug-likeness (QED) is 0.695. The molecule has 0 aliphatic rings. The summed E-state index contributed by atoms with van der Waals surface area (Å²) in [6.45, 7) is 5.90. The van der Waals surface area contributed by atoms with Crippen molar-refractivity contribution in [1.29, 1.82) is 5.53 Å². The molecular formula is C15H26N4O. The van der Waals surface area contributed by atoms with Gasteiger partial charge in [0.15, 0.2) is 0 Å². The van der Waals surface area contributed by atoms with Gasteiger partial charge >= 0.3 is 0 Å². The molecule has 0 spiro atoms. The number of nitrogens with one attached hydrogen (secondary N) is 1. The monoisotopic (exact) mass is 278 g/mol. The van der Waals surface area contributed by atoms with E-state index < -0.39 is 0 Å². The highest BCUT2D eigenvalue weighted by Crippen LogP contribution is 2.22. The number of benzene rings is 1. The maximum atomic E-state index is 10.6. The van der Waals surface area contributed by atoms with Crippen LogP contribution in [0.25, 0.3) is 0 Å². The zero-order valence-electron chi connectivity index (χ0n) is 12.6. The molecule has 0 saturated carbocycles. The lowest BCUT2D eigenvalue weighted by Gasteiger charge is -2.09. The lowest BCUT2D eigenvalue weighted by molar-refractivity contribution is -0.118. The first kappa shape index (κ1) is 18.2. The standard InChI is InChI=1S/C11H15N3O.C4H11N/c12-11(15)8-4-7-10(14-13)9-5-2-1-3-6-9;1-4(2,3)5/h1-3,5-6,10,13H,4,7-8H2,(H2,12,15);5H2,1-3H3. The number of primary amides is 1. The second-order valence-electron chi connectivity index (χ2n) is 5.78. The van der Waals surface area contributed by atoms with E-state index in [1.807, 2.05) is 51.1 Å². The van der Waals surface area contributed by atoms with Gasteiger partial charge in [0, 0.05) is 12.0 Å². The van der Waals surface area contributed by atoms with Gasteiger partial charge in [-0.15, -0.1) is 0 Å². The van der Waals surface area contributed by atoms with Gasteiger partial charge in [0.05, 0.1) is 6.04 Å². The summed E-state index contributed by atoms with van der Waals surface area (Å²) < 4.78 is 0. The first-order valence-corrected chi connectivity index (χ1v) is 6.72. The average Bonchev–Trinajstić information content (AvgIpc) is 2.33. The molecule has 1 rings (SSSR count). The van der Waals surface area contributed by atoms with Crippen LogP contribution in [0.1, 0.15) is 51.6 Å². The van der Waals surface area contributed by atoms with E-state index in [4.69, 9.17) is 17.0 Å². The van der Waals surface area contributed by atoms with Crippen molar-refractivity contribution in [2.24, 2.45) is 16.6 Å². The van der Waals surface area contributed by atoms with Gasteiger partial charge in [0.25, 0.3) is 0 Å². The number of carbonyl (C=O) groups excluding carboxylic acids is 1. The molecule has 1 aromatic rings. The van der Waals surface area contributed by atoms with E-state index in [0.717, 1.165) is 5.56 Å². The molecule has 0 heterocycles. The smallest absolute Gasteiger partial charge is 0.217 e. The van der Waals surface area contributed by atoms with Crippen LogP contribution in [-0.2, 0) is 4.79 Å². The number of hydrogen-bond donors (Lipinski definition) is 3. The molecule has 0 aromatic heterocycles. The Kier molecular flexibility index (Phi) is 8.40. The Hall–Kier alpha value is -1.75. The molecule has 1 aromatic carbocycles. The van der Waals surface area contributed by atoms with Gasteiger partial charge in [-0.1, -0.05) is 30.3 Å². The third kappa shape index (κ3) is 11.3. The highest BCUT2D eigenvalue weighted by Gasteiger charge is 2.09. The van der Waals surface area contributed by atoms with Crippen molar-refractivity contribution in [3.63, 3.8) is 0 Å². The molecule has 20 heavy (non-hydrogen) atoms. The molecule has 0 radical (unpaired) electrons. The van der Waals surface area contributed by atoms with E-state index in [1.54, 1.807) is 0 Å². The Bertz CT molecular complexity index is 392. The van der Waals surface area contributed by atoms with Gasteiger partial charge in [-0.2, -0.15) is 5.11 Å². The highest BCUT2D eigenvalue weighted by atomic mass is 16.1. The van der Waals surface area contributed by atoms with Crippen molar-refractivity contribution in [3.05, 3.63) is 35.9 Å². The summed E-state index contributed by atoms with van der Waals surface area (Å²) in [6, 6.07) is 9.49. The van der Waals surface area contributed by atoms with Crippen LogP contribution in [0.15, 0.2) is 35.4 Å². The number of rotatable bonds is 6. The Labute approximate surface area is 121 Å². The van der Waals surface area contributed by atoms with Crippen molar-refractivity contribution < 1.29 is 4.79 Å². The molecule has 0 saturated heterocycles. The molecule has 5 N–H and O–H groups in total. The average molecular weight is 278 g/mol. The van der Waals surface area contributed by atoms with Crippen LogP contribution in [0.3, 0.4) is 0 Å². The van der Waals surface area contributed by atoms with Crippen LogP contribution in [0, 0.1) is 5.53 Å². The minimum atomic E-state index is -0.299. The van der Waals surface area contributed by atoms with Gasteiger partial charge in [-0.3, -0.25) is 4.79 Å². The largest absolute Gasteiger partial charge is 0.370 e. The van der Waals surface area contributed by atoms with Crippen LogP contribution in [0.2, 0.25) is 0 Å². The lowest BCUT2D eigenvalue weighted by Crippen LogP contribution is -2.26. The number of amides is 1. The van der Waals surface area contributed by atoms with Gasteiger partial charge in [-0.25, -0.2) is 5.53 Å². The third-order valence-corrected chi connectivity index (χ3v) is 2.24. The first-order chi connectivity index (χ1) is 9.24. The predicted octanol–water partition coefficient (Wildman–Crippen LogP) is 3.16. The first-order valence-electron chi connectivity index (χ1n) is 6.72. The van der Waals surface area contributed by atoms with Crippen LogP contribution < -0.4 is 11.5 Å². The maximum Gasteiger partial charge on any atom is 0.217 e. The second-order valence-corrected chi connectivity index (χ2v) is 5.78. The normalized spacial score (nSPS) is 12.0. The molecule has 5 heteroatoms. The molecule has 0 aliphatic heterocycles. The Morgan fingerprint density at radius 2 is 1.80 bits per heavy atom. The van der Waals surface area contributed by atoms with Crippen molar-refractivity contribution in [1.82, 2.24) is 0 Å². The van der Waals surface area contributed by atoms with Crippen molar-refractivity contribution in [3.8, 4) is 0 Å². The predicted molar refractivity (Wildman–Crippen MR) is 81.3 cm³/mol. The summed E-state index contributed by atoms with van der Waals surface area (Å²) in [5, 5.41) is 3.55. The van der Waals surface area contributed by atoms with E-state index >= 15 is 0 Å². The topological polar surface area (TPSA) is 105 Å². The summed E-state index contributed by atoms with van der Waals surface area (Å²) in [7, 11) is 0. The zero-order valence-corrected chi connectivity index (χ0v) is 12.6. The summed E-state index contributed by atoms with van der Waals surface area (Å²) in [5.41, 5.74) is 18.5. The fraction of sp³-hybridized carbons (Fsp3) is 0.533. The number of carbonyl (C=O) groups is 1. The Morgan fingerprint density at radius 3 is 2.20 bits per heavy atom. The fourth-order valence-corrected chi connectivity index (χ4v) is 1.45. The second kappa shape index (κ2) is 9.20. The fourth-order valence-electron chi connectivity index (χ4n) is 1.45. The van der Waals surface area contributed by atoms with Gasteiger partial charge in [0.1, 0.15) is 0 Å². The summed E-state index contributed by atoms with van der Waals surface area (Å²) in [4.78, 5) is 10.6. The van der Waals surface area contributed by atoms with E-state index in [-0.39, 0.29) is 17.5 Å². The van der Waals surface area contributed by atoms with Crippen LogP contribution in [-0.4, -0.2) is 11.4 Å². The molecule has 1 atom stereocenters. The van der Waals surface area contributed by atoms with Crippen molar-refractivity contribution in [2.45, 2.75) is 51.6 Å². The molecule has 1 unspecified atom stereocenters. The molecule has 5 nitrogen and oxygen atoms in total. The van der Waals surface area contributed by atoms with Crippen molar-refractivity contribution in [2.75, 3.05) is 0 Å². The molecular weight excluding hydrogens is 252 g/mol. The molecule has 0 fully saturated rings. The number of nitrogens with zero attached hydrogens (tertiary/aromatic N) is 1. The minimum absolute atomic E-state index is 0. The SMILES string of the molecule is CC(C)(C)N.N=NC(CCCC(N)=O)c1ccccc1. The van der Waals surface area contributed by atoms with Crippen LogP contribution >= 0.6 is 0 Å². The molecule has 112 valence electrons. The van der Waals surface area contributed by atoms with Crippen molar-refractivity contribution >= 4 is 5.91 Å². The van der Waals surface area contributed by atoms with E-state index in [1.165, 1.54) is 0 Å². The number of nitrogens with two attached hydrogens (primary N) is 2. The van der Waals surface area contributed by atoms with Gasteiger partial charge < -0.3 is 11.5 Å². The maximum absolute atomic E-state index is 10.6. The van der Waals surface area contributed by atoms with Crippen LogP contribution in [0.4, 0.5) is 0 Å². The van der Waals surface area contributed by atoms with Crippen LogP contribution in [0.5, 0.6) is 0 Å².